The predicted octanol–water partition coefficient (Wildman–Crippen LogP) is 2.36. The zero-order chi connectivity index (χ0) is 12.8. The maximum absolute atomic E-state index is 11.4. The quantitative estimate of drug-likeness (QED) is 0.819. The molecule has 4 nitrogen and oxygen atoms in total. The summed E-state index contributed by atoms with van der Waals surface area (Å²) in [5.41, 5.74) is 0. The summed E-state index contributed by atoms with van der Waals surface area (Å²) in [6.45, 7) is 1.68. The van der Waals surface area contributed by atoms with Gasteiger partial charge in [0.15, 0.2) is 0 Å². The maximum Gasteiger partial charge on any atom is 0.308 e. The van der Waals surface area contributed by atoms with Crippen molar-refractivity contribution in [1.82, 2.24) is 5.32 Å². The van der Waals surface area contributed by atoms with Gasteiger partial charge < -0.3 is 10.4 Å². The first-order valence-corrected chi connectivity index (χ1v) is 6.54. The van der Waals surface area contributed by atoms with Crippen molar-refractivity contribution >= 4 is 45.2 Å². The van der Waals surface area contributed by atoms with E-state index in [0.717, 1.165) is 8.66 Å². The molecule has 0 bridgehead atoms. The zero-order valence-electron chi connectivity index (χ0n) is 9.14. The van der Waals surface area contributed by atoms with Gasteiger partial charge in [-0.1, -0.05) is 6.92 Å². The topological polar surface area (TPSA) is 66.4 Å². The van der Waals surface area contributed by atoms with E-state index in [1.807, 2.05) is 12.1 Å². The van der Waals surface area contributed by atoms with Gasteiger partial charge in [0.1, 0.15) is 0 Å². The Balaban J connectivity index is 2.39. The van der Waals surface area contributed by atoms with Crippen LogP contribution in [-0.4, -0.2) is 23.5 Å². The average Bonchev–Trinajstić information content (AvgIpc) is 2.69. The van der Waals surface area contributed by atoms with Crippen LogP contribution in [-0.2, 0) is 9.59 Å². The third-order valence-electron chi connectivity index (χ3n) is 2.00. The van der Waals surface area contributed by atoms with Gasteiger partial charge in [0.25, 0.3) is 0 Å². The van der Waals surface area contributed by atoms with Crippen LogP contribution in [0.5, 0.6) is 0 Å². The lowest BCUT2D eigenvalue weighted by Crippen LogP contribution is -2.30. The minimum Gasteiger partial charge on any atom is -0.481 e. The molecule has 0 spiro atoms. The Kier molecular flexibility index (Phi) is 5.37. The Hall–Kier alpha value is -1.14. The molecule has 0 fully saturated rings. The van der Waals surface area contributed by atoms with Gasteiger partial charge in [-0.15, -0.1) is 11.3 Å². The number of carbonyl (C=O) groups is 2. The number of rotatable bonds is 5. The van der Waals surface area contributed by atoms with Crippen molar-refractivity contribution in [3.63, 3.8) is 0 Å². The highest BCUT2D eigenvalue weighted by molar-refractivity contribution is 9.11. The summed E-state index contributed by atoms with van der Waals surface area (Å²) in [6, 6.07) is 3.78. The number of carboxylic acid groups (broad SMARTS) is 1. The third-order valence-corrected chi connectivity index (χ3v) is 3.59. The molecule has 2 N–H and O–H groups in total. The van der Waals surface area contributed by atoms with Crippen LogP contribution in [0.15, 0.2) is 22.0 Å². The second-order valence-corrected chi connectivity index (χ2v) is 5.95. The number of halogens is 1. The molecule has 1 amide bonds. The van der Waals surface area contributed by atoms with E-state index in [4.69, 9.17) is 5.11 Å². The van der Waals surface area contributed by atoms with Crippen LogP contribution >= 0.6 is 27.3 Å². The Morgan fingerprint density at radius 1 is 1.59 bits per heavy atom. The molecule has 0 aliphatic rings. The fraction of sp³-hybridized carbons (Fsp3) is 0.273. The van der Waals surface area contributed by atoms with Crippen LogP contribution in [0.3, 0.4) is 0 Å². The molecule has 0 saturated carbocycles. The molecule has 92 valence electrons. The second-order valence-electron chi connectivity index (χ2n) is 3.46. The van der Waals surface area contributed by atoms with Gasteiger partial charge in [0.05, 0.1) is 9.70 Å². The highest BCUT2D eigenvalue weighted by Gasteiger charge is 2.10. The largest absolute Gasteiger partial charge is 0.481 e. The maximum atomic E-state index is 11.4. The van der Waals surface area contributed by atoms with Crippen LogP contribution in [0.2, 0.25) is 0 Å². The normalized spacial score (nSPS) is 12.6. The third kappa shape index (κ3) is 5.14. The van der Waals surface area contributed by atoms with Crippen LogP contribution in [0, 0.1) is 5.92 Å². The van der Waals surface area contributed by atoms with Crippen LogP contribution in [0.25, 0.3) is 6.08 Å². The Morgan fingerprint density at radius 2 is 2.29 bits per heavy atom. The van der Waals surface area contributed by atoms with Crippen molar-refractivity contribution in [3.05, 3.63) is 26.9 Å². The highest BCUT2D eigenvalue weighted by Crippen LogP contribution is 2.22. The van der Waals surface area contributed by atoms with Crippen LogP contribution < -0.4 is 5.32 Å². The van der Waals surface area contributed by atoms with Crippen molar-refractivity contribution in [2.45, 2.75) is 6.92 Å². The van der Waals surface area contributed by atoms with E-state index in [1.165, 1.54) is 17.4 Å². The average molecular weight is 318 g/mol. The number of hydrogen-bond acceptors (Lipinski definition) is 3. The summed E-state index contributed by atoms with van der Waals surface area (Å²) in [6.07, 6.45) is 3.09. The van der Waals surface area contributed by atoms with Crippen molar-refractivity contribution in [2.24, 2.45) is 5.92 Å². The predicted molar refractivity (Wildman–Crippen MR) is 70.9 cm³/mol. The van der Waals surface area contributed by atoms with E-state index in [-0.39, 0.29) is 12.5 Å². The Labute approximate surface area is 111 Å². The van der Waals surface area contributed by atoms with Gasteiger partial charge in [-0.2, -0.15) is 0 Å². The minimum absolute atomic E-state index is 0.132. The molecule has 17 heavy (non-hydrogen) atoms. The molecule has 0 saturated heterocycles. The number of carboxylic acids is 1. The molecule has 1 rings (SSSR count). The first-order chi connectivity index (χ1) is 7.99. The molecule has 0 aliphatic carbocycles. The number of thiophene rings is 1. The minimum atomic E-state index is -0.920. The molecule has 6 heteroatoms. The number of aliphatic carboxylic acids is 1. The molecular formula is C11H12BrNO3S. The van der Waals surface area contributed by atoms with Gasteiger partial charge in [-0.05, 0) is 34.1 Å². The van der Waals surface area contributed by atoms with E-state index in [0.29, 0.717) is 0 Å². The summed E-state index contributed by atoms with van der Waals surface area (Å²) in [4.78, 5) is 22.8. The standard InChI is InChI=1S/C11H12BrNO3S/c1-7(11(15)16)6-13-10(14)5-3-8-2-4-9(12)17-8/h2-5,7H,6H2,1H3,(H,13,14)(H,15,16). The number of hydrogen-bond donors (Lipinski definition) is 2. The summed E-state index contributed by atoms with van der Waals surface area (Å²) in [7, 11) is 0. The second kappa shape index (κ2) is 6.56. The van der Waals surface area contributed by atoms with Crippen molar-refractivity contribution in [3.8, 4) is 0 Å². The van der Waals surface area contributed by atoms with E-state index in [1.54, 1.807) is 13.0 Å². The molecule has 1 atom stereocenters. The fourth-order valence-electron chi connectivity index (χ4n) is 0.976. The van der Waals surface area contributed by atoms with E-state index in [2.05, 4.69) is 21.2 Å². The van der Waals surface area contributed by atoms with Crippen LogP contribution in [0.4, 0.5) is 0 Å². The van der Waals surface area contributed by atoms with Gasteiger partial charge in [0, 0.05) is 17.5 Å². The Morgan fingerprint density at radius 3 is 2.82 bits per heavy atom. The fourth-order valence-corrected chi connectivity index (χ4v) is 2.30. The first-order valence-electron chi connectivity index (χ1n) is 4.93. The molecule has 1 unspecified atom stereocenters. The molecule has 0 radical (unpaired) electrons. The molecule has 1 aromatic heterocycles. The lowest BCUT2D eigenvalue weighted by atomic mass is 10.2. The summed E-state index contributed by atoms with van der Waals surface area (Å²) in [5.74, 6) is -1.79. The van der Waals surface area contributed by atoms with Gasteiger partial charge >= 0.3 is 5.97 Å². The Bertz CT molecular complexity index is 442. The summed E-state index contributed by atoms with van der Waals surface area (Å²) >= 11 is 4.84. The lowest BCUT2D eigenvalue weighted by molar-refractivity contribution is -0.141. The van der Waals surface area contributed by atoms with Gasteiger partial charge in [-0.3, -0.25) is 9.59 Å². The van der Waals surface area contributed by atoms with E-state index < -0.39 is 11.9 Å². The summed E-state index contributed by atoms with van der Waals surface area (Å²) in [5, 5.41) is 11.2. The van der Waals surface area contributed by atoms with Crippen molar-refractivity contribution in [2.75, 3.05) is 6.54 Å². The SMILES string of the molecule is CC(CNC(=O)C=Cc1ccc(Br)s1)C(=O)O. The van der Waals surface area contributed by atoms with Gasteiger partial charge in [-0.25, -0.2) is 0 Å². The van der Waals surface area contributed by atoms with E-state index >= 15 is 0 Å². The van der Waals surface area contributed by atoms with E-state index in [9.17, 15) is 9.59 Å². The first kappa shape index (κ1) is 13.9. The summed E-state index contributed by atoms with van der Waals surface area (Å²) < 4.78 is 0.997. The number of nitrogens with one attached hydrogen (secondary N) is 1. The number of carbonyl (C=O) groups excluding carboxylic acids is 1. The molecular weight excluding hydrogens is 306 g/mol. The zero-order valence-corrected chi connectivity index (χ0v) is 11.5. The van der Waals surface area contributed by atoms with Crippen molar-refractivity contribution in [1.29, 1.82) is 0 Å². The molecule has 1 aromatic rings. The monoisotopic (exact) mass is 317 g/mol. The van der Waals surface area contributed by atoms with Crippen molar-refractivity contribution < 1.29 is 14.7 Å². The highest BCUT2D eigenvalue weighted by atomic mass is 79.9. The number of amides is 1. The lowest BCUT2D eigenvalue weighted by Gasteiger charge is -2.05. The van der Waals surface area contributed by atoms with Crippen LogP contribution in [0.1, 0.15) is 11.8 Å². The smallest absolute Gasteiger partial charge is 0.308 e. The van der Waals surface area contributed by atoms with Gasteiger partial charge in [0.2, 0.25) is 5.91 Å². The molecule has 0 aliphatic heterocycles. The molecule has 0 aromatic carbocycles. The molecule has 1 heterocycles.